The Hall–Kier alpha value is -1.42. The van der Waals surface area contributed by atoms with E-state index in [1.165, 1.54) is 24.6 Å². The van der Waals surface area contributed by atoms with E-state index in [1.54, 1.807) is 0 Å². The summed E-state index contributed by atoms with van der Waals surface area (Å²) in [5, 5.41) is 3.50. The number of allylic oxidation sites excluding steroid dienone is 2. The molecule has 1 unspecified atom stereocenters. The zero-order chi connectivity index (χ0) is 13.5. The highest BCUT2D eigenvalue weighted by Gasteiger charge is 2.10. The quantitative estimate of drug-likeness (QED) is 0.620. The Kier molecular flexibility index (Phi) is 5.33. The molecule has 1 amide bonds. The molecule has 1 aromatic carbocycles. The van der Waals surface area contributed by atoms with Crippen molar-refractivity contribution < 1.29 is 4.79 Å². The van der Waals surface area contributed by atoms with Crippen LogP contribution in [0.5, 0.6) is 0 Å². The van der Waals surface area contributed by atoms with Gasteiger partial charge in [-0.3, -0.25) is 4.79 Å². The number of amides is 1. The molecular weight excluding hydrogens is 256 g/mol. The van der Waals surface area contributed by atoms with Crippen LogP contribution in [0.25, 0.3) is 0 Å². The fourth-order valence-electron chi connectivity index (χ4n) is 2.18. The molecule has 0 aliphatic heterocycles. The van der Waals surface area contributed by atoms with Crippen molar-refractivity contribution in [2.75, 3.05) is 17.6 Å². The molecule has 1 aromatic rings. The number of carbonyl (C=O) groups excluding carboxylic acids is 1. The second-order valence-electron chi connectivity index (χ2n) is 4.78. The van der Waals surface area contributed by atoms with Crippen LogP contribution in [0.1, 0.15) is 19.3 Å². The summed E-state index contributed by atoms with van der Waals surface area (Å²) in [5.41, 5.74) is 6.29. The van der Waals surface area contributed by atoms with Crippen LogP contribution in [0.3, 0.4) is 0 Å². The maximum absolute atomic E-state index is 10.9. The van der Waals surface area contributed by atoms with Gasteiger partial charge in [0.25, 0.3) is 0 Å². The Balaban J connectivity index is 1.91. The van der Waals surface area contributed by atoms with Crippen LogP contribution in [0.4, 0.5) is 5.69 Å². The van der Waals surface area contributed by atoms with E-state index in [2.05, 4.69) is 23.5 Å². The zero-order valence-electron chi connectivity index (χ0n) is 11.0. The number of hydrogen-bond acceptors (Lipinski definition) is 3. The summed E-state index contributed by atoms with van der Waals surface area (Å²) < 4.78 is 0. The first kappa shape index (κ1) is 14.0. The molecule has 4 heteroatoms. The van der Waals surface area contributed by atoms with Crippen molar-refractivity contribution in [1.82, 2.24) is 0 Å². The number of para-hydroxylation sites is 1. The van der Waals surface area contributed by atoms with E-state index >= 15 is 0 Å². The second kappa shape index (κ2) is 7.24. The van der Waals surface area contributed by atoms with Gasteiger partial charge in [-0.25, -0.2) is 0 Å². The van der Waals surface area contributed by atoms with Crippen LogP contribution in [0.2, 0.25) is 0 Å². The molecule has 1 aliphatic rings. The first-order valence-corrected chi connectivity index (χ1v) is 7.63. The van der Waals surface area contributed by atoms with Crippen LogP contribution in [-0.4, -0.2) is 18.2 Å². The van der Waals surface area contributed by atoms with Gasteiger partial charge in [-0.05, 0) is 37.3 Å². The number of anilines is 1. The Morgan fingerprint density at radius 2 is 2.21 bits per heavy atom. The Morgan fingerprint density at radius 3 is 2.95 bits per heavy atom. The van der Waals surface area contributed by atoms with Crippen molar-refractivity contribution in [1.29, 1.82) is 0 Å². The number of nitrogens with one attached hydrogen (secondary N) is 1. The van der Waals surface area contributed by atoms with Crippen LogP contribution in [-0.2, 0) is 4.79 Å². The van der Waals surface area contributed by atoms with Gasteiger partial charge >= 0.3 is 0 Å². The van der Waals surface area contributed by atoms with Crippen molar-refractivity contribution in [3.63, 3.8) is 0 Å². The predicted molar refractivity (Wildman–Crippen MR) is 81.3 cm³/mol. The molecule has 19 heavy (non-hydrogen) atoms. The molecule has 0 saturated heterocycles. The van der Waals surface area contributed by atoms with Crippen molar-refractivity contribution in [3.05, 3.63) is 36.4 Å². The fourth-order valence-corrected chi connectivity index (χ4v) is 2.95. The summed E-state index contributed by atoms with van der Waals surface area (Å²) in [7, 11) is 0. The van der Waals surface area contributed by atoms with E-state index in [0.29, 0.717) is 11.7 Å². The first-order chi connectivity index (χ1) is 9.25. The molecule has 2 rings (SSSR count). The largest absolute Gasteiger partial charge is 0.384 e. The van der Waals surface area contributed by atoms with Gasteiger partial charge in [-0.15, -0.1) is 11.8 Å². The van der Waals surface area contributed by atoms with Gasteiger partial charge in [-0.2, -0.15) is 0 Å². The second-order valence-corrected chi connectivity index (χ2v) is 5.80. The van der Waals surface area contributed by atoms with E-state index in [4.69, 9.17) is 5.73 Å². The number of hydrogen-bond donors (Lipinski definition) is 2. The number of nitrogens with two attached hydrogens (primary N) is 1. The van der Waals surface area contributed by atoms with Crippen LogP contribution in [0.15, 0.2) is 41.3 Å². The molecule has 0 aromatic heterocycles. The lowest BCUT2D eigenvalue weighted by Gasteiger charge is -2.20. The summed E-state index contributed by atoms with van der Waals surface area (Å²) in [4.78, 5) is 12.0. The SMILES string of the molecule is NC(=O)CSc1ccccc1NCC1CC=CCC1. The number of primary amides is 1. The fraction of sp³-hybridized carbons (Fsp3) is 0.400. The Labute approximate surface area is 118 Å². The molecular formula is C15H20N2OS. The molecule has 3 nitrogen and oxygen atoms in total. The third-order valence-corrected chi connectivity index (χ3v) is 4.31. The minimum absolute atomic E-state index is 0.280. The van der Waals surface area contributed by atoms with E-state index in [1.807, 2.05) is 18.2 Å². The summed E-state index contributed by atoms with van der Waals surface area (Å²) >= 11 is 1.49. The molecule has 102 valence electrons. The van der Waals surface area contributed by atoms with E-state index in [-0.39, 0.29) is 5.91 Å². The zero-order valence-corrected chi connectivity index (χ0v) is 11.8. The van der Waals surface area contributed by atoms with Crippen molar-refractivity contribution >= 4 is 23.4 Å². The van der Waals surface area contributed by atoms with Gasteiger partial charge in [0.2, 0.25) is 5.91 Å². The Morgan fingerprint density at radius 1 is 1.37 bits per heavy atom. The number of benzene rings is 1. The third kappa shape index (κ3) is 4.63. The Bertz CT molecular complexity index is 459. The molecule has 1 aliphatic carbocycles. The molecule has 0 spiro atoms. The van der Waals surface area contributed by atoms with Crippen LogP contribution < -0.4 is 11.1 Å². The minimum atomic E-state index is -0.280. The lowest BCUT2D eigenvalue weighted by atomic mass is 9.94. The summed E-state index contributed by atoms with van der Waals surface area (Å²) in [6, 6.07) is 8.08. The monoisotopic (exact) mass is 276 g/mol. The van der Waals surface area contributed by atoms with Gasteiger partial charge in [0.15, 0.2) is 0 Å². The third-order valence-electron chi connectivity index (χ3n) is 3.22. The minimum Gasteiger partial charge on any atom is -0.384 e. The number of carbonyl (C=O) groups is 1. The standard InChI is InChI=1S/C15H20N2OS/c16-15(18)11-19-14-9-5-4-8-13(14)17-10-12-6-2-1-3-7-12/h1-2,4-5,8-9,12,17H,3,6-7,10-11H2,(H2,16,18). The van der Waals surface area contributed by atoms with Crippen molar-refractivity contribution in [2.24, 2.45) is 11.7 Å². The lowest BCUT2D eigenvalue weighted by molar-refractivity contribution is -0.115. The number of thioether (sulfide) groups is 1. The van der Waals surface area contributed by atoms with E-state index in [0.717, 1.165) is 23.5 Å². The van der Waals surface area contributed by atoms with Crippen LogP contribution >= 0.6 is 11.8 Å². The highest BCUT2D eigenvalue weighted by molar-refractivity contribution is 8.00. The average molecular weight is 276 g/mol. The first-order valence-electron chi connectivity index (χ1n) is 6.64. The van der Waals surface area contributed by atoms with Gasteiger partial charge < -0.3 is 11.1 Å². The maximum atomic E-state index is 10.9. The summed E-state index contributed by atoms with van der Waals surface area (Å²) in [5.74, 6) is 0.752. The molecule has 0 bridgehead atoms. The predicted octanol–water partition coefficient (Wildman–Crippen LogP) is 3.03. The smallest absolute Gasteiger partial charge is 0.227 e. The highest BCUT2D eigenvalue weighted by Crippen LogP contribution is 2.27. The molecule has 3 N–H and O–H groups in total. The van der Waals surface area contributed by atoms with Crippen molar-refractivity contribution in [2.45, 2.75) is 24.2 Å². The van der Waals surface area contributed by atoms with E-state index in [9.17, 15) is 4.79 Å². The normalized spacial score (nSPS) is 18.2. The summed E-state index contributed by atoms with van der Waals surface area (Å²) in [6.45, 7) is 0.985. The van der Waals surface area contributed by atoms with Gasteiger partial charge in [-0.1, -0.05) is 24.3 Å². The van der Waals surface area contributed by atoms with Crippen molar-refractivity contribution in [3.8, 4) is 0 Å². The topological polar surface area (TPSA) is 55.1 Å². The summed E-state index contributed by atoms with van der Waals surface area (Å²) in [6.07, 6.45) is 8.12. The van der Waals surface area contributed by atoms with Gasteiger partial charge in [0, 0.05) is 17.1 Å². The highest BCUT2D eigenvalue weighted by atomic mass is 32.2. The van der Waals surface area contributed by atoms with Crippen LogP contribution in [0, 0.1) is 5.92 Å². The molecule has 1 atom stereocenters. The van der Waals surface area contributed by atoms with Gasteiger partial charge in [0.05, 0.1) is 5.75 Å². The molecule has 0 heterocycles. The van der Waals surface area contributed by atoms with E-state index < -0.39 is 0 Å². The molecule has 0 radical (unpaired) electrons. The maximum Gasteiger partial charge on any atom is 0.227 e. The van der Waals surface area contributed by atoms with Gasteiger partial charge in [0.1, 0.15) is 0 Å². The number of rotatable bonds is 6. The molecule has 0 saturated carbocycles. The lowest BCUT2D eigenvalue weighted by Crippen LogP contribution is -2.16. The average Bonchev–Trinajstić information content (AvgIpc) is 2.45. The molecule has 0 fully saturated rings.